The number of benzene rings is 1. The first-order valence-electron chi connectivity index (χ1n) is 9.09. The standard InChI is InChI=1S/C20H32N2O2/c1-6-22-13-11-17(12-14-22)21-19(23)15(2)24-18-9-7-16(8-10-18)20(3,4)5/h7-10,15,17H,6,11-14H2,1-5H3,(H,21,23). The summed E-state index contributed by atoms with van der Waals surface area (Å²) in [7, 11) is 0. The average molecular weight is 332 g/mol. The molecule has 24 heavy (non-hydrogen) atoms. The lowest BCUT2D eigenvalue weighted by Crippen LogP contribution is -2.48. The third-order valence-electron chi connectivity index (χ3n) is 4.78. The van der Waals surface area contributed by atoms with Gasteiger partial charge < -0.3 is 15.0 Å². The number of nitrogens with zero attached hydrogens (tertiary/aromatic N) is 1. The van der Waals surface area contributed by atoms with Crippen LogP contribution >= 0.6 is 0 Å². The fourth-order valence-electron chi connectivity index (χ4n) is 3.00. The van der Waals surface area contributed by atoms with Crippen LogP contribution in [-0.4, -0.2) is 42.6 Å². The van der Waals surface area contributed by atoms with E-state index in [1.807, 2.05) is 19.1 Å². The Morgan fingerprint density at radius 1 is 1.25 bits per heavy atom. The minimum absolute atomic E-state index is 0.0233. The highest BCUT2D eigenvalue weighted by atomic mass is 16.5. The van der Waals surface area contributed by atoms with Crippen molar-refractivity contribution in [2.75, 3.05) is 19.6 Å². The Morgan fingerprint density at radius 2 is 1.83 bits per heavy atom. The normalized spacial score (nSPS) is 18.2. The molecule has 1 aromatic rings. The summed E-state index contributed by atoms with van der Waals surface area (Å²) in [5.41, 5.74) is 1.38. The Kier molecular flexibility index (Phi) is 6.27. The van der Waals surface area contributed by atoms with E-state index in [1.165, 1.54) is 5.56 Å². The van der Waals surface area contributed by atoms with Crippen molar-refractivity contribution in [2.24, 2.45) is 0 Å². The molecule has 1 fully saturated rings. The largest absolute Gasteiger partial charge is 0.481 e. The molecule has 0 saturated carbocycles. The Labute approximate surface area is 146 Å². The van der Waals surface area contributed by atoms with Crippen molar-refractivity contribution in [3.63, 3.8) is 0 Å². The Bertz CT molecular complexity index is 526. The summed E-state index contributed by atoms with van der Waals surface area (Å²) in [6.07, 6.45) is 1.56. The highest BCUT2D eigenvalue weighted by Crippen LogP contribution is 2.24. The van der Waals surface area contributed by atoms with Gasteiger partial charge in [0.15, 0.2) is 6.10 Å². The number of amides is 1. The van der Waals surface area contributed by atoms with E-state index in [0.717, 1.165) is 38.2 Å². The van der Waals surface area contributed by atoms with Crippen LogP contribution in [0.3, 0.4) is 0 Å². The summed E-state index contributed by atoms with van der Waals surface area (Å²) in [5.74, 6) is 0.719. The first kappa shape index (κ1) is 18.8. The second-order valence-corrected chi connectivity index (χ2v) is 7.75. The van der Waals surface area contributed by atoms with Crippen LogP contribution < -0.4 is 10.1 Å². The molecule has 1 aliphatic heterocycles. The molecule has 0 radical (unpaired) electrons. The lowest BCUT2D eigenvalue weighted by molar-refractivity contribution is -0.128. The van der Waals surface area contributed by atoms with Crippen LogP contribution in [0, 0.1) is 0 Å². The van der Waals surface area contributed by atoms with Gasteiger partial charge in [-0.1, -0.05) is 39.8 Å². The van der Waals surface area contributed by atoms with Crippen LogP contribution in [0.1, 0.15) is 53.0 Å². The van der Waals surface area contributed by atoms with Gasteiger partial charge in [-0.25, -0.2) is 0 Å². The second kappa shape index (κ2) is 8.02. The van der Waals surface area contributed by atoms with Crippen molar-refractivity contribution >= 4 is 5.91 Å². The third-order valence-corrected chi connectivity index (χ3v) is 4.78. The molecule has 4 nitrogen and oxygen atoms in total. The zero-order valence-electron chi connectivity index (χ0n) is 15.8. The van der Waals surface area contributed by atoms with Crippen LogP contribution in [0.15, 0.2) is 24.3 Å². The lowest BCUT2D eigenvalue weighted by Gasteiger charge is -2.32. The molecule has 0 aliphatic carbocycles. The molecule has 1 saturated heterocycles. The lowest BCUT2D eigenvalue weighted by atomic mass is 9.87. The molecular formula is C20H32N2O2. The van der Waals surface area contributed by atoms with E-state index >= 15 is 0 Å². The number of nitrogens with one attached hydrogen (secondary N) is 1. The van der Waals surface area contributed by atoms with Gasteiger partial charge in [-0.05, 0) is 49.4 Å². The third kappa shape index (κ3) is 5.23. The van der Waals surface area contributed by atoms with E-state index in [2.05, 4.69) is 50.0 Å². The Hall–Kier alpha value is -1.55. The van der Waals surface area contributed by atoms with Crippen molar-refractivity contribution in [1.29, 1.82) is 0 Å². The van der Waals surface area contributed by atoms with E-state index in [-0.39, 0.29) is 17.4 Å². The molecule has 134 valence electrons. The highest BCUT2D eigenvalue weighted by molar-refractivity contribution is 5.81. The molecule has 1 N–H and O–H groups in total. The summed E-state index contributed by atoms with van der Waals surface area (Å²) in [4.78, 5) is 14.8. The molecule has 1 amide bonds. The van der Waals surface area contributed by atoms with Crippen molar-refractivity contribution in [3.05, 3.63) is 29.8 Å². The zero-order valence-corrected chi connectivity index (χ0v) is 15.8. The van der Waals surface area contributed by atoms with Crippen molar-refractivity contribution in [1.82, 2.24) is 10.2 Å². The Morgan fingerprint density at radius 3 is 2.33 bits per heavy atom. The number of ether oxygens (including phenoxy) is 1. The number of hydrogen-bond donors (Lipinski definition) is 1. The summed E-state index contributed by atoms with van der Waals surface area (Å²) in [6, 6.07) is 8.31. The van der Waals surface area contributed by atoms with Gasteiger partial charge in [-0.15, -0.1) is 0 Å². The van der Waals surface area contributed by atoms with Crippen LogP contribution in [0.5, 0.6) is 5.75 Å². The fourth-order valence-corrected chi connectivity index (χ4v) is 3.00. The van der Waals surface area contributed by atoms with Crippen LogP contribution in [-0.2, 0) is 10.2 Å². The second-order valence-electron chi connectivity index (χ2n) is 7.75. The number of hydrogen-bond acceptors (Lipinski definition) is 3. The predicted octanol–water partition coefficient (Wildman–Crippen LogP) is 3.35. The minimum Gasteiger partial charge on any atom is -0.481 e. The molecule has 0 spiro atoms. The smallest absolute Gasteiger partial charge is 0.260 e. The first-order chi connectivity index (χ1) is 11.3. The SMILES string of the molecule is CCN1CCC(NC(=O)C(C)Oc2ccc(C(C)(C)C)cc2)CC1. The maximum atomic E-state index is 12.3. The molecule has 1 unspecified atom stereocenters. The van der Waals surface area contributed by atoms with Gasteiger partial charge in [0.2, 0.25) is 0 Å². The first-order valence-corrected chi connectivity index (χ1v) is 9.09. The zero-order chi connectivity index (χ0) is 17.7. The minimum atomic E-state index is -0.477. The van der Waals surface area contributed by atoms with Crippen molar-refractivity contribution < 1.29 is 9.53 Å². The van der Waals surface area contributed by atoms with E-state index in [1.54, 1.807) is 0 Å². The number of likely N-dealkylation sites (tertiary alicyclic amines) is 1. The fraction of sp³-hybridized carbons (Fsp3) is 0.650. The summed E-state index contributed by atoms with van der Waals surface area (Å²) >= 11 is 0. The molecule has 0 bridgehead atoms. The van der Waals surface area contributed by atoms with Crippen molar-refractivity contribution in [2.45, 2.75) is 65.0 Å². The number of rotatable bonds is 5. The highest BCUT2D eigenvalue weighted by Gasteiger charge is 2.23. The van der Waals surface area contributed by atoms with Gasteiger partial charge in [-0.2, -0.15) is 0 Å². The summed E-state index contributed by atoms with van der Waals surface area (Å²) in [5, 5.41) is 3.13. The maximum Gasteiger partial charge on any atom is 0.260 e. The van der Waals surface area contributed by atoms with E-state index in [4.69, 9.17) is 4.74 Å². The number of piperidine rings is 1. The van der Waals surface area contributed by atoms with E-state index in [9.17, 15) is 4.79 Å². The molecule has 1 atom stereocenters. The maximum absolute atomic E-state index is 12.3. The Balaban J connectivity index is 1.83. The topological polar surface area (TPSA) is 41.6 Å². The molecule has 1 aromatic carbocycles. The average Bonchev–Trinajstić information content (AvgIpc) is 2.55. The van der Waals surface area contributed by atoms with Gasteiger partial charge >= 0.3 is 0 Å². The van der Waals surface area contributed by atoms with Crippen LogP contribution in [0.2, 0.25) is 0 Å². The molecule has 4 heteroatoms. The summed E-state index contributed by atoms with van der Waals surface area (Å²) < 4.78 is 5.81. The monoisotopic (exact) mass is 332 g/mol. The van der Waals surface area contributed by atoms with Gasteiger partial charge in [0.1, 0.15) is 5.75 Å². The predicted molar refractivity (Wildman–Crippen MR) is 98.5 cm³/mol. The van der Waals surface area contributed by atoms with Gasteiger partial charge in [0.05, 0.1) is 0 Å². The molecule has 0 aromatic heterocycles. The van der Waals surface area contributed by atoms with Crippen LogP contribution in [0.25, 0.3) is 0 Å². The van der Waals surface area contributed by atoms with E-state index < -0.39 is 6.10 Å². The van der Waals surface area contributed by atoms with Gasteiger partial charge in [-0.3, -0.25) is 4.79 Å². The number of carbonyl (C=O) groups is 1. The number of carbonyl (C=O) groups excluding carboxylic acids is 1. The molecule has 1 heterocycles. The van der Waals surface area contributed by atoms with Gasteiger partial charge in [0, 0.05) is 19.1 Å². The van der Waals surface area contributed by atoms with Gasteiger partial charge in [0.25, 0.3) is 5.91 Å². The quantitative estimate of drug-likeness (QED) is 0.899. The van der Waals surface area contributed by atoms with Crippen molar-refractivity contribution in [3.8, 4) is 5.75 Å². The molecular weight excluding hydrogens is 300 g/mol. The molecule has 2 rings (SSSR count). The molecule has 1 aliphatic rings. The summed E-state index contributed by atoms with van der Waals surface area (Å²) in [6.45, 7) is 13.8. The van der Waals surface area contributed by atoms with Crippen LogP contribution in [0.4, 0.5) is 0 Å². The van der Waals surface area contributed by atoms with E-state index in [0.29, 0.717) is 0 Å².